The van der Waals surface area contributed by atoms with Crippen molar-refractivity contribution in [3.8, 4) is 0 Å². The van der Waals surface area contributed by atoms with E-state index in [1.165, 1.54) is 0 Å². The number of amides is 2. The van der Waals surface area contributed by atoms with Gasteiger partial charge in [0.2, 0.25) is 11.8 Å². The van der Waals surface area contributed by atoms with Gasteiger partial charge in [-0.05, 0) is 18.9 Å². The maximum atomic E-state index is 12.1. The third-order valence-electron chi connectivity index (χ3n) is 3.91. The van der Waals surface area contributed by atoms with E-state index in [1.807, 2.05) is 37.3 Å². The first-order valence-electron chi connectivity index (χ1n) is 7.36. The van der Waals surface area contributed by atoms with Crippen molar-refractivity contribution >= 4 is 11.8 Å². The summed E-state index contributed by atoms with van der Waals surface area (Å²) >= 11 is 0. The minimum Gasteiger partial charge on any atom is -0.396 e. The van der Waals surface area contributed by atoms with Gasteiger partial charge in [0.15, 0.2) is 0 Å². The van der Waals surface area contributed by atoms with E-state index >= 15 is 0 Å². The first kappa shape index (κ1) is 15.5. The van der Waals surface area contributed by atoms with E-state index in [0.29, 0.717) is 19.5 Å². The Balaban J connectivity index is 1.95. The number of rotatable bonds is 6. The zero-order valence-corrected chi connectivity index (χ0v) is 12.3. The number of carbonyl (C=O) groups excluding carboxylic acids is 2. The molecule has 0 radical (unpaired) electrons. The average molecular weight is 290 g/mol. The number of nitrogens with zero attached hydrogens (tertiary/aromatic N) is 1. The van der Waals surface area contributed by atoms with Crippen LogP contribution in [0.1, 0.15) is 31.4 Å². The van der Waals surface area contributed by atoms with Crippen LogP contribution in [0.4, 0.5) is 0 Å². The molecule has 114 valence electrons. The second-order valence-electron chi connectivity index (χ2n) is 5.40. The standard InChI is InChI=1S/C16H22N2O3/c1-12(13-6-3-2-4-7-13)18-11-14(10-15(18)20)16(21)17-8-5-9-19/h2-4,6-7,12,14,19H,5,8-11H2,1H3,(H,17,21). The van der Waals surface area contributed by atoms with Gasteiger partial charge in [-0.3, -0.25) is 9.59 Å². The Hall–Kier alpha value is -1.88. The summed E-state index contributed by atoms with van der Waals surface area (Å²) in [5.74, 6) is -0.365. The van der Waals surface area contributed by atoms with E-state index in [4.69, 9.17) is 5.11 Å². The fraction of sp³-hybridized carbons (Fsp3) is 0.500. The van der Waals surface area contributed by atoms with Crippen LogP contribution in [0.2, 0.25) is 0 Å². The van der Waals surface area contributed by atoms with E-state index in [2.05, 4.69) is 5.32 Å². The summed E-state index contributed by atoms with van der Waals surface area (Å²) in [6, 6.07) is 9.81. The smallest absolute Gasteiger partial charge is 0.225 e. The van der Waals surface area contributed by atoms with Crippen LogP contribution in [0.5, 0.6) is 0 Å². The van der Waals surface area contributed by atoms with Gasteiger partial charge in [-0.1, -0.05) is 30.3 Å². The molecular formula is C16H22N2O3. The fourth-order valence-corrected chi connectivity index (χ4v) is 2.63. The van der Waals surface area contributed by atoms with Crippen molar-refractivity contribution in [2.45, 2.75) is 25.8 Å². The van der Waals surface area contributed by atoms with Crippen LogP contribution in [0.25, 0.3) is 0 Å². The van der Waals surface area contributed by atoms with Gasteiger partial charge in [0, 0.05) is 26.1 Å². The Morgan fingerprint density at radius 2 is 2.14 bits per heavy atom. The number of benzene rings is 1. The highest BCUT2D eigenvalue weighted by atomic mass is 16.3. The number of hydrogen-bond acceptors (Lipinski definition) is 3. The Bertz CT molecular complexity index is 490. The summed E-state index contributed by atoms with van der Waals surface area (Å²) in [4.78, 5) is 25.9. The van der Waals surface area contributed by atoms with Crippen molar-refractivity contribution < 1.29 is 14.7 Å². The molecule has 2 atom stereocenters. The normalized spacial score (nSPS) is 19.6. The maximum Gasteiger partial charge on any atom is 0.225 e. The predicted octanol–water partition coefficient (Wildman–Crippen LogP) is 1.09. The van der Waals surface area contributed by atoms with E-state index in [-0.39, 0.29) is 36.8 Å². The molecule has 2 amide bonds. The zero-order chi connectivity index (χ0) is 15.2. The first-order valence-corrected chi connectivity index (χ1v) is 7.36. The molecular weight excluding hydrogens is 268 g/mol. The molecule has 2 rings (SSSR count). The lowest BCUT2D eigenvalue weighted by atomic mass is 10.1. The number of aliphatic hydroxyl groups is 1. The summed E-state index contributed by atoms with van der Waals surface area (Å²) < 4.78 is 0. The third-order valence-corrected chi connectivity index (χ3v) is 3.91. The van der Waals surface area contributed by atoms with Gasteiger partial charge >= 0.3 is 0 Å². The van der Waals surface area contributed by atoms with E-state index < -0.39 is 0 Å². The molecule has 1 saturated heterocycles. The highest BCUT2D eigenvalue weighted by Gasteiger charge is 2.36. The van der Waals surface area contributed by atoms with E-state index in [0.717, 1.165) is 5.56 Å². The summed E-state index contributed by atoms with van der Waals surface area (Å²) in [5, 5.41) is 11.5. The van der Waals surface area contributed by atoms with Gasteiger partial charge in [-0.15, -0.1) is 0 Å². The SMILES string of the molecule is CC(c1ccccc1)N1CC(C(=O)NCCCO)CC1=O. The van der Waals surface area contributed by atoms with Crippen LogP contribution in [-0.4, -0.2) is 41.5 Å². The Labute approximate surface area is 125 Å². The number of nitrogens with one attached hydrogen (secondary N) is 1. The van der Waals surface area contributed by atoms with Crippen LogP contribution in [0.3, 0.4) is 0 Å². The Morgan fingerprint density at radius 3 is 2.81 bits per heavy atom. The molecule has 1 fully saturated rings. The first-order chi connectivity index (χ1) is 10.1. The second-order valence-corrected chi connectivity index (χ2v) is 5.40. The molecule has 5 heteroatoms. The van der Waals surface area contributed by atoms with Crippen LogP contribution in [-0.2, 0) is 9.59 Å². The molecule has 1 heterocycles. The largest absolute Gasteiger partial charge is 0.396 e. The topological polar surface area (TPSA) is 69.6 Å². The van der Waals surface area contributed by atoms with Crippen molar-refractivity contribution in [1.29, 1.82) is 0 Å². The van der Waals surface area contributed by atoms with Crippen LogP contribution < -0.4 is 5.32 Å². The van der Waals surface area contributed by atoms with Gasteiger partial charge in [-0.25, -0.2) is 0 Å². The average Bonchev–Trinajstić information content (AvgIpc) is 2.89. The van der Waals surface area contributed by atoms with Gasteiger partial charge in [0.25, 0.3) is 0 Å². The third kappa shape index (κ3) is 3.82. The monoisotopic (exact) mass is 290 g/mol. The van der Waals surface area contributed by atoms with E-state index in [9.17, 15) is 9.59 Å². The number of carbonyl (C=O) groups is 2. The van der Waals surface area contributed by atoms with Crippen molar-refractivity contribution in [3.63, 3.8) is 0 Å². The lowest BCUT2D eigenvalue weighted by Gasteiger charge is -2.25. The molecule has 0 bridgehead atoms. The minimum absolute atomic E-state index is 0.0195. The molecule has 0 aliphatic carbocycles. The van der Waals surface area contributed by atoms with E-state index in [1.54, 1.807) is 4.90 Å². The molecule has 2 N–H and O–H groups in total. The molecule has 1 aromatic rings. The summed E-state index contributed by atoms with van der Waals surface area (Å²) in [5.41, 5.74) is 1.08. The highest BCUT2D eigenvalue weighted by molar-refractivity contribution is 5.89. The van der Waals surface area contributed by atoms with Crippen LogP contribution >= 0.6 is 0 Å². The molecule has 1 aromatic carbocycles. The predicted molar refractivity (Wildman–Crippen MR) is 79.4 cm³/mol. The van der Waals surface area contributed by atoms with Gasteiger partial charge in [0.1, 0.15) is 0 Å². The maximum absolute atomic E-state index is 12.1. The molecule has 0 saturated carbocycles. The molecule has 5 nitrogen and oxygen atoms in total. The van der Waals surface area contributed by atoms with Gasteiger partial charge < -0.3 is 15.3 Å². The van der Waals surface area contributed by atoms with Crippen molar-refractivity contribution in [2.24, 2.45) is 5.92 Å². The molecule has 21 heavy (non-hydrogen) atoms. The van der Waals surface area contributed by atoms with Crippen molar-refractivity contribution in [3.05, 3.63) is 35.9 Å². The second kappa shape index (κ2) is 7.22. The highest BCUT2D eigenvalue weighted by Crippen LogP contribution is 2.28. The lowest BCUT2D eigenvalue weighted by Crippen LogP contribution is -2.34. The molecule has 1 aliphatic heterocycles. The van der Waals surface area contributed by atoms with Gasteiger partial charge in [0.05, 0.1) is 12.0 Å². The van der Waals surface area contributed by atoms with Gasteiger partial charge in [-0.2, -0.15) is 0 Å². The fourth-order valence-electron chi connectivity index (χ4n) is 2.63. The number of hydrogen-bond donors (Lipinski definition) is 2. The molecule has 1 aliphatic rings. The van der Waals surface area contributed by atoms with Crippen LogP contribution in [0.15, 0.2) is 30.3 Å². The number of aliphatic hydroxyl groups excluding tert-OH is 1. The van der Waals surface area contributed by atoms with Crippen molar-refractivity contribution in [2.75, 3.05) is 19.7 Å². The molecule has 0 spiro atoms. The quantitative estimate of drug-likeness (QED) is 0.771. The summed E-state index contributed by atoms with van der Waals surface area (Å²) in [6.07, 6.45) is 0.804. The minimum atomic E-state index is -0.289. The molecule has 0 aromatic heterocycles. The Morgan fingerprint density at radius 1 is 1.43 bits per heavy atom. The van der Waals surface area contributed by atoms with Crippen LogP contribution in [0, 0.1) is 5.92 Å². The summed E-state index contributed by atoms with van der Waals surface area (Å²) in [7, 11) is 0. The number of likely N-dealkylation sites (tertiary alicyclic amines) is 1. The lowest BCUT2D eigenvalue weighted by molar-refractivity contribution is -0.130. The summed E-state index contributed by atoms with van der Waals surface area (Å²) in [6.45, 7) is 2.95. The van der Waals surface area contributed by atoms with Crippen molar-refractivity contribution in [1.82, 2.24) is 10.2 Å². The zero-order valence-electron chi connectivity index (χ0n) is 12.3. The molecule has 2 unspecified atom stereocenters. The Kier molecular flexibility index (Phi) is 5.33.